The largest absolute Gasteiger partial charge is 0.480 e. The first-order valence-electron chi connectivity index (χ1n) is 15.5. The molecule has 0 saturated carbocycles. The molecule has 3 aromatic carbocycles. The van der Waals surface area contributed by atoms with Gasteiger partial charge < -0.3 is 10.4 Å². The predicted molar refractivity (Wildman–Crippen MR) is 187 cm³/mol. The van der Waals surface area contributed by atoms with Crippen molar-refractivity contribution in [1.29, 1.82) is 0 Å². The summed E-state index contributed by atoms with van der Waals surface area (Å²) in [5.41, 5.74) is 0.477. The number of carboxylic acids is 1. The van der Waals surface area contributed by atoms with Gasteiger partial charge in [-0.2, -0.15) is 0 Å². The Labute approximate surface area is 293 Å². The normalized spacial score (nSPS) is 12.0. The summed E-state index contributed by atoms with van der Waals surface area (Å²) in [4.78, 5) is 58.9. The Balaban J connectivity index is 1.17. The van der Waals surface area contributed by atoms with Crippen LogP contribution in [0.15, 0.2) is 112 Å². The molecule has 0 unspecified atom stereocenters. The fourth-order valence-corrected chi connectivity index (χ4v) is 6.68. The summed E-state index contributed by atoms with van der Waals surface area (Å²) < 4.78 is 60.6. The van der Waals surface area contributed by atoms with E-state index in [1.165, 1.54) is 66.5 Å². The number of amides is 1. The van der Waals surface area contributed by atoms with E-state index in [0.717, 1.165) is 21.3 Å². The van der Waals surface area contributed by atoms with Crippen molar-refractivity contribution in [1.82, 2.24) is 24.4 Å². The summed E-state index contributed by atoms with van der Waals surface area (Å²) >= 11 is 0. The molecule has 0 aliphatic heterocycles. The van der Waals surface area contributed by atoms with Gasteiger partial charge in [0.2, 0.25) is 0 Å². The van der Waals surface area contributed by atoms with Gasteiger partial charge in [0, 0.05) is 32.1 Å². The maximum absolute atomic E-state index is 15.1. The molecule has 6 aromatic rings. The number of carboxylic acid groups (broad SMARTS) is 1. The fourth-order valence-electron chi connectivity index (χ4n) is 5.64. The highest BCUT2D eigenvalue weighted by molar-refractivity contribution is 7.92. The Kier molecular flexibility index (Phi) is 9.49. The second-order valence-electron chi connectivity index (χ2n) is 11.7. The first-order valence-corrected chi connectivity index (χ1v) is 16.9. The van der Waals surface area contributed by atoms with Crippen LogP contribution in [0.1, 0.15) is 21.5 Å². The third kappa shape index (κ3) is 6.91. The van der Waals surface area contributed by atoms with Gasteiger partial charge in [-0.3, -0.25) is 28.8 Å². The lowest BCUT2D eigenvalue weighted by Crippen LogP contribution is -2.43. The van der Waals surface area contributed by atoms with E-state index in [9.17, 15) is 32.7 Å². The quantitative estimate of drug-likeness (QED) is 0.188. The van der Waals surface area contributed by atoms with Crippen molar-refractivity contribution >= 4 is 38.5 Å². The number of halogens is 2. The van der Waals surface area contributed by atoms with Gasteiger partial charge in [0.25, 0.3) is 21.5 Å². The number of anilines is 1. The lowest BCUT2D eigenvalue weighted by atomic mass is 10.0. The molecule has 0 spiro atoms. The molecule has 6 rings (SSSR count). The zero-order valence-corrected chi connectivity index (χ0v) is 28.2. The van der Waals surface area contributed by atoms with E-state index in [4.69, 9.17) is 0 Å². The fraction of sp³-hybridized carbons (Fsp3) is 0.111. The number of nitrogens with one attached hydrogen (secondary N) is 2. The molecule has 3 heterocycles. The molecular formula is C36H28F2N6O7S. The molecule has 16 heteroatoms. The molecular weight excluding hydrogens is 698 g/mol. The Hall–Kier alpha value is -6.55. The SMILES string of the molecule is Cc1cnccc1-c1ccc(S(=O)(=O)Nc2cc(F)c(C(=O)N[C@@H](Cc3ccc(-n4c(=O)c5ccncc5n(C)c4=O)cc3)C(=O)O)c(F)c2)cc1. The van der Waals surface area contributed by atoms with E-state index in [-0.39, 0.29) is 22.4 Å². The highest BCUT2D eigenvalue weighted by Gasteiger charge is 2.27. The lowest BCUT2D eigenvalue weighted by molar-refractivity contribution is -0.139. The minimum absolute atomic E-state index is 0.188. The van der Waals surface area contributed by atoms with Gasteiger partial charge in [0.1, 0.15) is 23.2 Å². The van der Waals surface area contributed by atoms with Gasteiger partial charge in [-0.05, 0) is 77.7 Å². The van der Waals surface area contributed by atoms with Gasteiger partial charge in [-0.15, -0.1) is 0 Å². The number of benzene rings is 3. The Morgan fingerprint density at radius 2 is 1.54 bits per heavy atom. The number of carbonyl (C=O) groups is 2. The number of hydrogen-bond donors (Lipinski definition) is 3. The van der Waals surface area contributed by atoms with Crippen LogP contribution in [0.4, 0.5) is 14.5 Å². The molecule has 13 nitrogen and oxygen atoms in total. The van der Waals surface area contributed by atoms with Gasteiger partial charge in [0.15, 0.2) is 0 Å². The van der Waals surface area contributed by atoms with Crippen LogP contribution in [0.25, 0.3) is 27.7 Å². The number of aromatic nitrogens is 4. The van der Waals surface area contributed by atoms with Crippen molar-refractivity contribution in [2.45, 2.75) is 24.3 Å². The minimum atomic E-state index is -4.31. The van der Waals surface area contributed by atoms with E-state index in [0.29, 0.717) is 23.2 Å². The summed E-state index contributed by atoms with van der Waals surface area (Å²) in [5, 5.41) is 12.2. The molecule has 264 valence electrons. The van der Waals surface area contributed by atoms with Crippen LogP contribution in [0, 0.1) is 18.6 Å². The minimum Gasteiger partial charge on any atom is -0.480 e. The zero-order valence-electron chi connectivity index (χ0n) is 27.4. The molecule has 1 amide bonds. The highest BCUT2D eigenvalue weighted by atomic mass is 32.2. The molecule has 0 bridgehead atoms. The van der Waals surface area contributed by atoms with Crippen LogP contribution >= 0.6 is 0 Å². The van der Waals surface area contributed by atoms with Crippen LogP contribution in [0.3, 0.4) is 0 Å². The number of rotatable bonds is 10. The van der Waals surface area contributed by atoms with Crippen molar-refractivity contribution in [3.05, 3.63) is 147 Å². The molecule has 0 saturated heterocycles. The Morgan fingerprint density at radius 1 is 0.904 bits per heavy atom. The molecule has 0 aliphatic rings. The van der Waals surface area contributed by atoms with Gasteiger partial charge in [-0.25, -0.2) is 31.4 Å². The number of aliphatic carboxylic acids is 1. The molecule has 0 aliphatic carbocycles. The van der Waals surface area contributed by atoms with Gasteiger partial charge in [0.05, 0.1) is 33.4 Å². The topological polar surface area (TPSA) is 182 Å². The van der Waals surface area contributed by atoms with Crippen molar-refractivity contribution in [2.75, 3.05) is 4.72 Å². The Morgan fingerprint density at radius 3 is 2.17 bits per heavy atom. The lowest BCUT2D eigenvalue weighted by Gasteiger charge is -2.16. The number of nitrogens with zero attached hydrogens (tertiary/aromatic N) is 4. The first-order chi connectivity index (χ1) is 24.7. The molecule has 3 N–H and O–H groups in total. The summed E-state index contributed by atoms with van der Waals surface area (Å²) in [6, 6.07) is 14.3. The van der Waals surface area contributed by atoms with Gasteiger partial charge >= 0.3 is 11.7 Å². The number of sulfonamides is 1. The number of hydrogen-bond acceptors (Lipinski definition) is 8. The van der Waals surface area contributed by atoms with E-state index in [2.05, 4.69) is 20.0 Å². The number of pyridine rings is 2. The van der Waals surface area contributed by atoms with Crippen LogP contribution in [0.2, 0.25) is 0 Å². The van der Waals surface area contributed by atoms with Crippen LogP contribution in [-0.4, -0.2) is 50.5 Å². The van der Waals surface area contributed by atoms with Crippen molar-refractivity contribution in [3.8, 4) is 16.8 Å². The highest BCUT2D eigenvalue weighted by Crippen LogP contribution is 2.26. The van der Waals surface area contributed by atoms with Crippen molar-refractivity contribution < 1.29 is 31.9 Å². The number of aryl methyl sites for hydroxylation is 2. The third-order valence-electron chi connectivity index (χ3n) is 8.33. The molecule has 3 aromatic heterocycles. The van der Waals surface area contributed by atoms with Crippen LogP contribution in [-0.2, 0) is 28.3 Å². The second kappa shape index (κ2) is 14.0. The van der Waals surface area contributed by atoms with E-state index in [1.54, 1.807) is 30.6 Å². The maximum atomic E-state index is 15.1. The summed E-state index contributed by atoms with van der Waals surface area (Å²) in [6.45, 7) is 1.85. The first kappa shape index (κ1) is 35.3. The average Bonchev–Trinajstić information content (AvgIpc) is 3.11. The van der Waals surface area contributed by atoms with E-state index >= 15 is 8.78 Å². The van der Waals surface area contributed by atoms with Crippen LogP contribution in [0.5, 0.6) is 0 Å². The molecule has 1 atom stereocenters. The van der Waals surface area contributed by atoms with E-state index in [1.807, 2.05) is 6.92 Å². The van der Waals surface area contributed by atoms with Crippen LogP contribution < -0.4 is 21.3 Å². The number of fused-ring (bicyclic) bond motifs is 1. The molecule has 52 heavy (non-hydrogen) atoms. The molecule has 0 radical (unpaired) electrons. The number of carbonyl (C=O) groups excluding carboxylic acids is 1. The maximum Gasteiger partial charge on any atom is 0.335 e. The third-order valence-corrected chi connectivity index (χ3v) is 9.73. The summed E-state index contributed by atoms with van der Waals surface area (Å²) in [5.74, 6) is -5.78. The van der Waals surface area contributed by atoms with Crippen molar-refractivity contribution in [3.63, 3.8) is 0 Å². The zero-order chi connectivity index (χ0) is 37.3. The smallest absolute Gasteiger partial charge is 0.335 e. The predicted octanol–water partition coefficient (Wildman–Crippen LogP) is 3.96. The van der Waals surface area contributed by atoms with Crippen molar-refractivity contribution in [2.24, 2.45) is 7.05 Å². The average molecular weight is 727 g/mol. The van der Waals surface area contributed by atoms with E-state index < -0.39 is 62.1 Å². The van der Waals surface area contributed by atoms with Gasteiger partial charge in [-0.1, -0.05) is 24.3 Å². The summed E-state index contributed by atoms with van der Waals surface area (Å²) in [6.07, 6.45) is 5.74. The second-order valence-corrected chi connectivity index (χ2v) is 13.4. The Bertz CT molecular complexity index is 2590. The monoisotopic (exact) mass is 726 g/mol. The summed E-state index contributed by atoms with van der Waals surface area (Å²) in [7, 11) is -2.82. The molecule has 0 fully saturated rings. The standard InChI is InChI=1S/C36H28F2N6O7S/c1-20-18-39-13-11-26(20)22-5-9-25(10-6-22)52(50,51)42-23-16-28(37)32(29(38)17-23)33(45)41-30(35(47)48)15-21-3-7-24(8-4-21)44-34(46)27-12-14-40-19-31(27)43(2)36(44)49/h3-14,16-19,30,42H,15H2,1-2H3,(H,41,45)(H,47,48)/t30-/m0/s1.